The first-order valence-electron chi connectivity index (χ1n) is 6.73. The van der Waals surface area contributed by atoms with Crippen LogP contribution in [-0.2, 0) is 20.0 Å². The van der Waals surface area contributed by atoms with Crippen LogP contribution in [0.25, 0.3) is 0 Å². The van der Waals surface area contributed by atoms with Crippen molar-refractivity contribution in [3.05, 3.63) is 46.0 Å². The Morgan fingerprint density at radius 1 is 1.43 bits per heavy atom. The number of carbonyl (C=O) groups is 1. The molecule has 2 heterocycles. The number of hydrogen-bond acceptors (Lipinski definition) is 3. The number of imidazole rings is 1. The summed E-state index contributed by atoms with van der Waals surface area (Å²) in [6.07, 6.45) is 0.782. The summed E-state index contributed by atoms with van der Waals surface area (Å²) in [6, 6.07) is 7.27. The van der Waals surface area contributed by atoms with Gasteiger partial charge in [-0.05, 0) is 34.1 Å². The molecule has 0 fully saturated rings. The molecule has 0 aliphatic carbocycles. The summed E-state index contributed by atoms with van der Waals surface area (Å²) in [4.78, 5) is 18.9. The normalized spacial score (nSPS) is 14.0. The highest BCUT2D eigenvalue weighted by Crippen LogP contribution is 2.24. The number of ether oxygens (including phenoxy) is 1. The number of methoxy groups -OCH3 is 1. The van der Waals surface area contributed by atoms with Crippen molar-refractivity contribution >= 4 is 21.8 Å². The van der Waals surface area contributed by atoms with E-state index in [1.165, 1.54) is 0 Å². The van der Waals surface area contributed by atoms with Gasteiger partial charge in [-0.3, -0.25) is 4.79 Å². The van der Waals surface area contributed by atoms with E-state index in [2.05, 4.69) is 20.9 Å². The first-order valence-corrected chi connectivity index (χ1v) is 7.52. The molecule has 1 aliphatic rings. The fraction of sp³-hybridized carbons (Fsp3) is 0.333. The number of rotatable bonds is 2. The summed E-state index contributed by atoms with van der Waals surface area (Å²) in [6.45, 7) is 1.27. The average Bonchev–Trinajstić information content (AvgIpc) is 2.81. The molecule has 1 aliphatic heterocycles. The second kappa shape index (κ2) is 5.52. The van der Waals surface area contributed by atoms with Crippen molar-refractivity contribution in [3.63, 3.8) is 0 Å². The van der Waals surface area contributed by atoms with Crippen molar-refractivity contribution in [2.24, 2.45) is 7.05 Å². The Hall–Kier alpha value is -1.82. The van der Waals surface area contributed by atoms with Crippen LogP contribution in [0.4, 0.5) is 0 Å². The van der Waals surface area contributed by atoms with Gasteiger partial charge in [0.1, 0.15) is 5.75 Å². The summed E-state index contributed by atoms with van der Waals surface area (Å²) >= 11 is 3.43. The van der Waals surface area contributed by atoms with Crippen LogP contribution in [0.2, 0.25) is 0 Å². The van der Waals surface area contributed by atoms with E-state index in [1.807, 2.05) is 34.7 Å². The molecule has 0 spiro atoms. The standard InChI is InChI=1S/C15H16BrN3O2/c1-18-13-9-19(7-6-12(13)17-15(18)16)14(20)10-4-3-5-11(8-10)21-2/h3-5,8H,6-7,9H2,1-2H3. The van der Waals surface area contributed by atoms with Gasteiger partial charge in [-0.15, -0.1) is 0 Å². The highest BCUT2D eigenvalue weighted by Gasteiger charge is 2.26. The van der Waals surface area contributed by atoms with Gasteiger partial charge in [0.05, 0.1) is 25.0 Å². The lowest BCUT2D eigenvalue weighted by Gasteiger charge is -2.27. The van der Waals surface area contributed by atoms with Gasteiger partial charge < -0.3 is 14.2 Å². The second-order valence-electron chi connectivity index (χ2n) is 5.04. The molecule has 1 aromatic carbocycles. The van der Waals surface area contributed by atoms with Gasteiger partial charge in [-0.2, -0.15) is 0 Å². The smallest absolute Gasteiger partial charge is 0.254 e. The van der Waals surface area contributed by atoms with E-state index < -0.39 is 0 Å². The average molecular weight is 350 g/mol. The maximum absolute atomic E-state index is 12.6. The molecule has 3 rings (SSSR count). The van der Waals surface area contributed by atoms with Crippen molar-refractivity contribution in [1.29, 1.82) is 0 Å². The van der Waals surface area contributed by atoms with Crippen LogP contribution in [0, 0.1) is 0 Å². The van der Waals surface area contributed by atoms with Gasteiger partial charge in [0.15, 0.2) is 4.73 Å². The fourth-order valence-corrected chi connectivity index (χ4v) is 2.99. The van der Waals surface area contributed by atoms with Crippen molar-refractivity contribution in [2.45, 2.75) is 13.0 Å². The van der Waals surface area contributed by atoms with E-state index in [9.17, 15) is 4.79 Å². The zero-order chi connectivity index (χ0) is 15.0. The molecule has 0 atom stereocenters. The van der Waals surface area contributed by atoms with Crippen LogP contribution in [0.5, 0.6) is 5.75 Å². The van der Waals surface area contributed by atoms with E-state index in [0.717, 1.165) is 22.5 Å². The Bertz CT molecular complexity index is 696. The van der Waals surface area contributed by atoms with Crippen molar-refractivity contribution in [2.75, 3.05) is 13.7 Å². The maximum Gasteiger partial charge on any atom is 0.254 e. The third-order valence-electron chi connectivity index (χ3n) is 3.81. The van der Waals surface area contributed by atoms with E-state index in [-0.39, 0.29) is 5.91 Å². The molecule has 0 radical (unpaired) electrons. The first-order chi connectivity index (χ1) is 10.1. The van der Waals surface area contributed by atoms with Crippen LogP contribution in [0.1, 0.15) is 21.7 Å². The lowest BCUT2D eigenvalue weighted by atomic mass is 10.1. The van der Waals surface area contributed by atoms with E-state index in [1.54, 1.807) is 13.2 Å². The first kappa shape index (κ1) is 14.1. The summed E-state index contributed by atoms with van der Waals surface area (Å²) in [5.74, 6) is 0.721. The minimum Gasteiger partial charge on any atom is -0.497 e. The molecule has 0 saturated heterocycles. The summed E-state index contributed by atoms with van der Waals surface area (Å²) in [5.41, 5.74) is 2.81. The lowest BCUT2D eigenvalue weighted by Crippen LogP contribution is -2.36. The molecule has 5 nitrogen and oxygen atoms in total. The quantitative estimate of drug-likeness (QED) is 0.836. The minimum atomic E-state index is 0.0249. The molecule has 0 unspecified atom stereocenters. The van der Waals surface area contributed by atoms with Gasteiger partial charge in [-0.1, -0.05) is 6.07 Å². The number of hydrogen-bond donors (Lipinski definition) is 0. The molecule has 1 aromatic heterocycles. The fourth-order valence-electron chi connectivity index (χ4n) is 2.57. The topological polar surface area (TPSA) is 47.4 Å². The number of halogens is 1. The van der Waals surface area contributed by atoms with Crippen LogP contribution in [-0.4, -0.2) is 34.0 Å². The van der Waals surface area contributed by atoms with E-state index in [4.69, 9.17) is 4.74 Å². The van der Waals surface area contributed by atoms with Crippen LogP contribution >= 0.6 is 15.9 Å². The Labute approximate surface area is 131 Å². The Kier molecular flexibility index (Phi) is 3.71. The molecular formula is C15H16BrN3O2. The number of amides is 1. The molecule has 21 heavy (non-hydrogen) atoms. The monoisotopic (exact) mass is 349 g/mol. The van der Waals surface area contributed by atoms with Crippen molar-refractivity contribution in [3.8, 4) is 5.75 Å². The predicted octanol–water partition coefficient (Wildman–Crippen LogP) is 2.39. The molecule has 0 saturated carbocycles. The third kappa shape index (κ3) is 2.55. The maximum atomic E-state index is 12.6. The highest BCUT2D eigenvalue weighted by molar-refractivity contribution is 9.10. The Morgan fingerprint density at radius 2 is 2.24 bits per heavy atom. The zero-order valence-corrected chi connectivity index (χ0v) is 13.6. The number of carbonyl (C=O) groups excluding carboxylic acids is 1. The zero-order valence-electron chi connectivity index (χ0n) is 12.0. The molecule has 2 aromatic rings. The second-order valence-corrected chi connectivity index (χ2v) is 5.75. The molecular weight excluding hydrogens is 334 g/mol. The van der Waals surface area contributed by atoms with Gasteiger partial charge in [0.2, 0.25) is 0 Å². The Balaban J connectivity index is 1.85. The summed E-state index contributed by atoms with van der Waals surface area (Å²) < 4.78 is 7.97. The SMILES string of the molecule is COc1cccc(C(=O)N2CCc3nc(Br)n(C)c3C2)c1. The summed E-state index contributed by atoms with van der Waals surface area (Å²) in [5, 5.41) is 0. The third-order valence-corrected chi connectivity index (χ3v) is 4.51. The van der Waals surface area contributed by atoms with Gasteiger partial charge >= 0.3 is 0 Å². The number of benzene rings is 1. The number of fused-ring (bicyclic) bond motifs is 1. The number of nitrogens with zero attached hydrogens (tertiary/aromatic N) is 3. The van der Waals surface area contributed by atoms with Crippen LogP contribution < -0.4 is 4.74 Å². The number of aromatic nitrogens is 2. The van der Waals surface area contributed by atoms with Crippen molar-refractivity contribution < 1.29 is 9.53 Å². The Morgan fingerprint density at radius 3 is 3.00 bits per heavy atom. The lowest BCUT2D eigenvalue weighted by molar-refractivity contribution is 0.0729. The molecule has 0 bridgehead atoms. The molecule has 110 valence electrons. The highest BCUT2D eigenvalue weighted by atomic mass is 79.9. The predicted molar refractivity (Wildman–Crippen MR) is 82.3 cm³/mol. The van der Waals surface area contributed by atoms with Crippen LogP contribution in [0.15, 0.2) is 29.0 Å². The summed E-state index contributed by atoms with van der Waals surface area (Å²) in [7, 11) is 3.55. The van der Waals surface area contributed by atoms with Crippen LogP contribution in [0.3, 0.4) is 0 Å². The van der Waals surface area contributed by atoms with Crippen molar-refractivity contribution in [1.82, 2.24) is 14.5 Å². The minimum absolute atomic E-state index is 0.0249. The van der Waals surface area contributed by atoms with Gasteiger partial charge in [0, 0.05) is 25.6 Å². The van der Waals surface area contributed by atoms with Gasteiger partial charge in [0.25, 0.3) is 5.91 Å². The van der Waals surface area contributed by atoms with Gasteiger partial charge in [-0.25, -0.2) is 4.98 Å². The van der Waals surface area contributed by atoms with E-state index >= 15 is 0 Å². The van der Waals surface area contributed by atoms with E-state index in [0.29, 0.717) is 24.4 Å². The molecule has 0 N–H and O–H groups in total. The molecule has 1 amide bonds. The largest absolute Gasteiger partial charge is 0.497 e. The molecule has 6 heteroatoms.